The van der Waals surface area contributed by atoms with E-state index in [9.17, 15) is 0 Å². The summed E-state index contributed by atoms with van der Waals surface area (Å²) in [4.78, 5) is 5.27. The zero-order chi connectivity index (χ0) is 29.0. The SMILES string of the molecule is c1ccc(-c2nc(-c3ccc4c(c3)c3cc5ccn(-c6ccccc6)c5cc3n4-c3ccccc3)cc3ccccc23)cc1. The molecule has 6 aromatic carbocycles. The molecule has 0 unspecified atom stereocenters. The maximum absolute atomic E-state index is 5.27. The first-order chi connectivity index (χ1) is 21.8. The van der Waals surface area contributed by atoms with Gasteiger partial charge in [-0.1, -0.05) is 97.1 Å². The minimum Gasteiger partial charge on any atom is -0.316 e. The number of rotatable bonds is 4. The molecule has 0 saturated carbocycles. The highest BCUT2D eigenvalue weighted by molar-refractivity contribution is 6.14. The van der Waals surface area contributed by atoms with Gasteiger partial charge >= 0.3 is 0 Å². The van der Waals surface area contributed by atoms with E-state index in [0.717, 1.165) is 39.3 Å². The summed E-state index contributed by atoms with van der Waals surface area (Å²) < 4.78 is 4.66. The van der Waals surface area contributed by atoms with Gasteiger partial charge in [0, 0.05) is 50.2 Å². The van der Waals surface area contributed by atoms with Crippen LogP contribution in [-0.2, 0) is 0 Å². The second kappa shape index (κ2) is 9.82. The molecule has 0 bridgehead atoms. The minimum absolute atomic E-state index is 0.973. The minimum atomic E-state index is 0.973. The number of nitrogens with zero attached hydrogens (tertiary/aromatic N) is 3. The first-order valence-electron chi connectivity index (χ1n) is 15.0. The number of hydrogen-bond acceptors (Lipinski definition) is 1. The van der Waals surface area contributed by atoms with Gasteiger partial charge < -0.3 is 9.13 Å². The lowest BCUT2D eigenvalue weighted by Crippen LogP contribution is -1.95. The van der Waals surface area contributed by atoms with Crippen molar-refractivity contribution in [3.63, 3.8) is 0 Å². The van der Waals surface area contributed by atoms with Crippen molar-refractivity contribution >= 4 is 43.5 Å². The monoisotopic (exact) mass is 561 g/mol. The third-order valence-corrected chi connectivity index (χ3v) is 8.71. The highest BCUT2D eigenvalue weighted by Crippen LogP contribution is 2.38. The van der Waals surface area contributed by atoms with Crippen LogP contribution in [0.4, 0.5) is 0 Å². The highest BCUT2D eigenvalue weighted by atomic mass is 15.0. The van der Waals surface area contributed by atoms with E-state index >= 15 is 0 Å². The maximum atomic E-state index is 5.27. The van der Waals surface area contributed by atoms with Crippen LogP contribution < -0.4 is 0 Å². The van der Waals surface area contributed by atoms with Gasteiger partial charge in [-0.15, -0.1) is 0 Å². The maximum Gasteiger partial charge on any atom is 0.0787 e. The number of para-hydroxylation sites is 2. The fraction of sp³-hybridized carbons (Fsp3) is 0. The Morgan fingerprint density at radius 3 is 1.89 bits per heavy atom. The Labute approximate surface area is 254 Å². The molecule has 44 heavy (non-hydrogen) atoms. The topological polar surface area (TPSA) is 22.8 Å². The number of aromatic nitrogens is 3. The summed E-state index contributed by atoms with van der Waals surface area (Å²) in [5.41, 5.74) is 10.1. The summed E-state index contributed by atoms with van der Waals surface area (Å²) in [7, 11) is 0. The lowest BCUT2D eigenvalue weighted by Gasteiger charge is -2.11. The quantitative estimate of drug-likeness (QED) is 0.210. The largest absolute Gasteiger partial charge is 0.316 e. The molecule has 3 heteroatoms. The molecule has 0 saturated heterocycles. The van der Waals surface area contributed by atoms with E-state index in [1.807, 2.05) is 0 Å². The Balaban J connectivity index is 1.31. The summed E-state index contributed by atoms with van der Waals surface area (Å²) in [5, 5.41) is 6.01. The zero-order valence-corrected chi connectivity index (χ0v) is 23.9. The predicted octanol–water partition coefficient (Wildman–Crippen LogP) is 10.6. The molecule has 0 N–H and O–H groups in total. The lowest BCUT2D eigenvalue weighted by atomic mass is 10.00. The lowest BCUT2D eigenvalue weighted by molar-refractivity contribution is 1.12. The second-order valence-electron chi connectivity index (χ2n) is 11.3. The van der Waals surface area contributed by atoms with E-state index in [0.29, 0.717) is 0 Å². The van der Waals surface area contributed by atoms with E-state index in [2.05, 4.69) is 173 Å². The Bertz CT molecular complexity index is 2470. The molecule has 0 aliphatic carbocycles. The molecule has 0 aliphatic rings. The van der Waals surface area contributed by atoms with Gasteiger partial charge in [-0.25, -0.2) is 4.98 Å². The normalized spacial score (nSPS) is 11.6. The van der Waals surface area contributed by atoms with Gasteiger partial charge in [0.1, 0.15) is 0 Å². The second-order valence-corrected chi connectivity index (χ2v) is 11.3. The predicted molar refractivity (Wildman–Crippen MR) is 184 cm³/mol. The van der Waals surface area contributed by atoms with E-state index in [-0.39, 0.29) is 0 Å². The third-order valence-electron chi connectivity index (χ3n) is 8.71. The summed E-state index contributed by atoms with van der Waals surface area (Å²) in [6, 6.07) is 56.2. The number of hydrogen-bond donors (Lipinski definition) is 0. The first kappa shape index (κ1) is 24.6. The van der Waals surface area contributed by atoms with Crippen LogP contribution in [0.3, 0.4) is 0 Å². The van der Waals surface area contributed by atoms with E-state index in [4.69, 9.17) is 4.98 Å². The van der Waals surface area contributed by atoms with Gasteiger partial charge in [-0.2, -0.15) is 0 Å². The summed E-state index contributed by atoms with van der Waals surface area (Å²) in [6.07, 6.45) is 2.17. The van der Waals surface area contributed by atoms with E-state index < -0.39 is 0 Å². The van der Waals surface area contributed by atoms with Crippen LogP contribution in [0.15, 0.2) is 164 Å². The first-order valence-corrected chi connectivity index (χ1v) is 15.0. The molecule has 0 amide bonds. The van der Waals surface area contributed by atoms with Crippen LogP contribution in [0.25, 0.3) is 77.4 Å². The van der Waals surface area contributed by atoms with Gasteiger partial charge in [0.05, 0.1) is 27.9 Å². The average Bonchev–Trinajstić information content (AvgIpc) is 3.66. The van der Waals surface area contributed by atoms with Crippen LogP contribution in [0.1, 0.15) is 0 Å². The number of benzene rings is 6. The molecule has 0 atom stereocenters. The fourth-order valence-electron chi connectivity index (χ4n) is 6.64. The molecule has 0 spiro atoms. The summed E-state index contributed by atoms with van der Waals surface area (Å²) >= 11 is 0. The van der Waals surface area contributed by atoms with E-state index in [1.54, 1.807) is 0 Å². The zero-order valence-electron chi connectivity index (χ0n) is 23.9. The number of pyridine rings is 1. The van der Waals surface area contributed by atoms with Gasteiger partial charge in [0.15, 0.2) is 0 Å². The molecule has 206 valence electrons. The summed E-state index contributed by atoms with van der Waals surface area (Å²) in [6.45, 7) is 0. The average molecular weight is 562 g/mol. The molecule has 0 aliphatic heterocycles. The molecule has 0 fully saturated rings. The Morgan fingerprint density at radius 2 is 1.09 bits per heavy atom. The van der Waals surface area contributed by atoms with Crippen LogP contribution in [0, 0.1) is 0 Å². The fourth-order valence-corrected chi connectivity index (χ4v) is 6.64. The molecule has 9 aromatic rings. The van der Waals surface area contributed by atoms with Crippen LogP contribution >= 0.6 is 0 Å². The molecule has 0 radical (unpaired) electrons. The highest BCUT2D eigenvalue weighted by Gasteiger charge is 2.17. The third kappa shape index (κ3) is 3.87. The summed E-state index contributed by atoms with van der Waals surface area (Å²) in [5.74, 6) is 0. The van der Waals surface area contributed by atoms with Crippen molar-refractivity contribution in [1.82, 2.24) is 14.1 Å². The molecule has 3 nitrogen and oxygen atoms in total. The smallest absolute Gasteiger partial charge is 0.0787 e. The standard InChI is InChI=1S/C41H27N3/c1-4-12-28(13-5-1)41-34-19-11-10-14-29(34)26-37(42-41)30-20-21-38-35(24-30)36-25-31-22-23-43(32-15-6-2-7-16-32)39(31)27-40(36)44(38)33-17-8-3-9-18-33/h1-27H. The van der Waals surface area contributed by atoms with Gasteiger partial charge in [0.25, 0.3) is 0 Å². The number of fused-ring (bicyclic) bond motifs is 5. The molecule has 3 heterocycles. The van der Waals surface area contributed by atoms with Crippen molar-refractivity contribution in [2.45, 2.75) is 0 Å². The molecular formula is C41H27N3. The van der Waals surface area contributed by atoms with E-state index in [1.165, 1.54) is 38.1 Å². The van der Waals surface area contributed by atoms with Crippen molar-refractivity contribution in [3.05, 3.63) is 164 Å². The van der Waals surface area contributed by atoms with Crippen LogP contribution in [0.5, 0.6) is 0 Å². The van der Waals surface area contributed by atoms with Gasteiger partial charge in [0.2, 0.25) is 0 Å². The van der Waals surface area contributed by atoms with Crippen LogP contribution in [0.2, 0.25) is 0 Å². The Kier molecular flexibility index (Phi) is 5.50. The molecule has 9 rings (SSSR count). The van der Waals surface area contributed by atoms with Crippen molar-refractivity contribution in [3.8, 4) is 33.9 Å². The van der Waals surface area contributed by atoms with Crippen molar-refractivity contribution < 1.29 is 0 Å². The molecule has 3 aromatic heterocycles. The molecular weight excluding hydrogens is 534 g/mol. The van der Waals surface area contributed by atoms with Gasteiger partial charge in [-0.3, -0.25) is 0 Å². The Hall–Kier alpha value is -5.93. The Morgan fingerprint density at radius 1 is 0.409 bits per heavy atom. The van der Waals surface area contributed by atoms with Crippen molar-refractivity contribution in [2.24, 2.45) is 0 Å². The van der Waals surface area contributed by atoms with Crippen molar-refractivity contribution in [1.29, 1.82) is 0 Å². The van der Waals surface area contributed by atoms with Crippen molar-refractivity contribution in [2.75, 3.05) is 0 Å². The van der Waals surface area contributed by atoms with Gasteiger partial charge in [-0.05, 0) is 66.0 Å². The van der Waals surface area contributed by atoms with Crippen LogP contribution in [-0.4, -0.2) is 14.1 Å².